The molecule has 0 fully saturated rings. The van der Waals surface area contributed by atoms with Crippen LogP contribution in [0.4, 0.5) is 0 Å². The Morgan fingerprint density at radius 1 is 1.50 bits per heavy atom. The van der Waals surface area contributed by atoms with Crippen LogP contribution < -0.4 is 4.74 Å². The zero-order chi connectivity index (χ0) is 13.0. The molecule has 1 aromatic carbocycles. The van der Waals surface area contributed by atoms with Crippen molar-refractivity contribution in [2.24, 2.45) is 0 Å². The van der Waals surface area contributed by atoms with Gasteiger partial charge >= 0.3 is 0 Å². The van der Waals surface area contributed by atoms with E-state index in [1.807, 2.05) is 30.3 Å². The van der Waals surface area contributed by atoms with E-state index in [0.717, 1.165) is 16.9 Å². The van der Waals surface area contributed by atoms with Crippen LogP contribution >= 0.6 is 0 Å². The molecule has 1 heterocycles. The number of ether oxygens (including phenoxy) is 1. The van der Waals surface area contributed by atoms with E-state index in [2.05, 4.69) is 6.58 Å². The molecular weight excluding hydrogens is 230 g/mol. The molecule has 1 aliphatic rings. The van der Waals surface area contributed by atoms with Gasteiger partial charge in [0.05, 0.1) is 5.92 Å². The fourth-order valence-electron chi connectivity index (χ4n) is 2.08. The van der Waals surface area contributed by atoms with Gasteiger partial charge < -0.3 is 4.74 Å². The summed E-state index contributed by atoms with van der Waals surface area (Å²) in [7, 11) is 0. The highest BCUT2D eigenvalue weighted by atomic mass is 16.6. The first-order chi connectivity index (χ1) is 8.70. The molecule has 18 heavy (non-hydrogen) atoms. The molecule has 4 nitrogen and oxygen atoms in total. The Kier molecular flexibility index (Phi) is 3.77. The van der Waals surface area contributed by atoms with Crippen LogP contribution in [0.15, 0.2) is 48.6 Å². The highest BCUT2D eigenvalue weighted by Crippen LogP contribution is 2.31. The number of nitrogens with zero attached hydrogens (tertiary/aromatic N) is 1. The molecule has 0 bridgehead atoms. The third-order valence-electron chi connectivity index (χ3n) is 3.05. The molecule has 0 spiro atoms. The van der Waals surface area contributed by atoms with Crippen LogP contribution in [-0.2, 0) is 0 Å². The standard InChI is InChI=1S/C14H15NO3/c1-2-11-7-8-12(9-15(16)17)13-5-3-4-6-14(13)18-10-11/h2-7,12H,1,8-10H2/b11-7-. The van der Waals surface area contributed by atoms with Crippen molar-refractivity contribution in [1.82, 2.24) is 0 Å². The minimum atomic E-state index is -0.273. The molecule has 0 N–H and O–H groups in total. The number of hydrogen-bond donors (Lipinski definition) is 0. The molecule has 0 saturated heterocycles. The first-order valence-corrected chi connectivity index (χ1v) is 5.85. The van der Waals surface area contributed by atoms with Gasteiger partial charge in [-0.15, -0.1) is 0 Å². The Morgan fingerprint density at radius 3 is 3.00 bits per heavy atom. The summed E-state index contributed by atoms with van der Waals surface area (Å²) in [4.78, 5) is 10.5. The summed E-state index contributed by atoms with van der Waals surface area (Å²) in [5, 5.41) is 10.8. The topological polar surface area (TPSA) is 52.4 Å². The van der Waals surface area contributed by atoms with Crippen molar-refractivity contribution in [3.8, 4) is 5.75 Å². The third kappa shape index (κ3) is 2.77. The van der Waals surface area contributed by atoms with Crippen LogP contribution in [0.1, 0.15) is 17.9 Å². The number of allylic oxidation sites excluding steroid dienone is 1. The number of hydrogen-bond acceptors (Lipinski definition) is 3. The molecule has 0 aromatic heterocycles. The predicted octanol–water partition coefficient (Wildman–Crippen LogP) is 2.94. The average Bonchev–Trinajstić information content (AvgIpc) is 2.35. The molecule has 0 amide bonds. The summed E-state index contributed by atoms with van der Waals surface area (Å²) in [6.07, 6.45) is 4.34. The fourth-order valence-corrected chi connectivity index (χ4v) is 2.08. The van der Waals surface area contributed by atoms with Gasteiger partial charge in [-0.05, 0) is 18.1 Å². The maximum absolute atomic E-state index is 10.8. The van der Waals surface area contributed by atoms with E-state index in [0.29, 0.717) is 13.0 Å². The zero-order valence-electron chi connectivity index (χ0n) is 10.0. The molecule has 1 aliphatic heterocycles. The van der Waals surface area contributed by atoms with Crippen LogP contribution in [0.2, 0.25) is 0 Å². The van der Waals surface area contributed by atoms with E-state index in [-0.39, 0.29) is 17.4 Å². The zero-order valence-corrected chi connectivity index (χ0v) is 10.0. The van der Waals surface area contributed by atoms with Crippen molar-refractivity contribution < 1.29 is 9.66 Å². The van der Waals surface area contributed by atoms with E-state index >= 15 is 0 Å². The average molecular weight is 245 g/mol. The van der Waals surface area contributed by atoms with Crippen LogP contribution in [0.25, 0.3) is 0 Å². The SMILES string of the molecule is C=C/C1=C/CC(C[N+](=O)[O-])c2ccccc2OC1. The summed E-state index contributed by atoms with van der Waals surface area (Å²) in [6.45, 7) is 4.10. The monoisotopic (exact) mass is 245 g/mol. The quantitative estimate of drug-likeness (QED) is 0.607. The molecule has 4 heteroatoms. The smallest absolute Gasteiger partial charge is 0.211 e. The Bertz CT molecular complexity index is 494. The number of benzene rings is 1. The van der Waals surface area contributed by atoms with Gasteiger partial charge in [0.15, 0.2) is 0 Å². The summed E-state index contributed by atoms with van der Waals surface area (Å²) in [5.41, 5.74) is 1.88. The van der Waals surface area contributed by atoms with Crippen molar-refractivity contribution >= 4 is 0 Å². The lowest BCUT2D eigenvalue weighted by atomic mass is 9.93. The van der Waals surface area contributed by atoms with Crippen LogP contribution in [0, 0.1) is 10.1 Å². The van der Waals surface area contributed by atoms with Gasteiger partial charge in [0.1, 0.15) is 12.4 Å². The number of para-hydroxylation sites is 1. The van der Waals surface area contributed by atoms with E-state index < -0.39 is 0 Å². The molecule has 1 aromatic rings. The van der Waals surface area contributed by atoms with Gasteiger partial charge in [-0.1, -0.05) is 36.9 Å². The summed E-state index contributed by atoms with van der Waals surface area (Å²) < 4.78 is 5.68. The molecule has 2 rings (SSSR count). The molecule has 0 saturated carbocycles. The number of fused-ring (bicyclic) bond motifs is 1. The van der Waals surface area contributed by atoms with Gasteiger partial charge in [0.25, 0.3) is 0 Å². The second-order valence-corrected chi connectivity index (χ2v) is 4.26. The van der Waals surface area contributed by atoms with Gasteiger partial charge in [-0.25, -0.2) is 0 Å². The van der Waals surface area contributed by atoms with E-state index in [4.69, 9.17) is 4.74 Å². The minimum absolute atomic E-state index is 0.0820. The van der Waals surface area contributed by atoms with Crippen molar-refractivity contribution in [3.63, 3.8) is 0 Å². The summed E-state index contributed by atoms with van der Waals surface area (Å²) in [5.74, 6) is 0.586. The Labute approximate surface area is 106 Å². The normalized spacial score (nSPS) is 21.6. The lowest BCUT2D eigenvalue weighted by molar-refractivity contribution is -0.483. The van der Waals surface area contributed by atoms with E-state index in [9.17, 15) is 10.1 Å². The third-order valence-corrected chi connectivity index (χ3v) is 3.05. The number of nitro groups is 1. The second-order valence-electron chi connectivity index (χ2n) is 4.26. The van der Waals surface area contributed by atoms with Crippen molar-refractivity contribution in [2.45, 2.75) is 12.3 Å². The molecular formula is C14H15NO3. The molecule has 1 atom stereocenters. The molecule has 1 unspecified atom stereocenters. The molecule has 0 radical (unpaired) electrons. The van der Waals surface area contributed by atoms with Gasteiger partial charge in [0.2, 0.25) is 6.54 Å². The van der Waals surface area contributed by atoms with Gasteiger partial charge in [-0.2, -0.15) is 0 Å². The van der Waals surface area contributed by atoms with E-state index in [1.165, 1.54) is 0 Å². The Hall–Kier alpha value is -2.10. The second kappa shape index (κ2) is 5.49. The highest BCUT2D eigenvalue weighted by Gasteiger charge is 2.22. The largest absolute Gasteiger partial charge is 0.489 e. The minimum Gasteiger partial charge on any atom is -0.489 e. The fraction of sp³-hybridized carbons (Fsp3) is 0.286. The van der Waals surface area contributed by atoms with E-state index in [1.54, 1.807) is 6.08 Å². The van der Waals surface area contributed by atoms with Crippen molar-refractivity contribution in [1.29, 1.82) is 0 Å². The summed E-state index contributed by atoms with van der Waals surface area (Å²) >= 11 is 0. The Balaban J connectivity index is 2.34. The number of rotatable bonds is 3. The lowest BCUT2D eigenvalue weighted by Crippen LogP contribution is -2.16. The maximum Gasteiger partial charge on any atom is 0.211 e. The molecule has 0 aliphatic carbocycles. The van der Waals surface area contributed by atoms with Gasteiger partial charge in [-0.3, -0.25) is 10.1 Å². The van der Waals surface area contributed by atoms with Crippen LogP contribution in [0.5, 0.6) is 5.75 Å². The molecule has 94 valence electrons. The van der Waals surface area contributed by atoms with Crippen molar-refractivity contribution in [2.75, 3.05) is 13.2 Å². The van der Waals surface area contributed by atoms with Crippen LogP contribution in [0.3, 0.4) is 0 Å². The van der Waals surface area contributed by atoms with Crippen molar-refractivity contribution in [3.05, 3.63) is 64.2 Å². The van der Waals surface area contributed by atoms with Gasteiger partial charge in [0, 0.05) is 10.5 Å². The lowest BCUT2D eigenvalue weighted by Gasteiger charge is -2.20. The first kappa shape index (κ1) is 12.4. The predicted molar refractivity (Wildman–Crippen MR) is 69.4 cm³/mol. The highest BCUT2D eigenvalue weighted by molar-refractivity contribution is 5.38. The first-order valence-electron chi connectivity index (χ1n) is 5.85. The summed E-state index contributed by atoms with van der Waals surface area (Å²) in [6, 6.07) is 7.51. The van der Waals surface area contributed by atoms with Crippen LogP contribution in [-0.4, -0.2) is 18.1 Å². The maximum atomic E-state index is 10.8. The Morgan fingerprint density at radius 2 is 2.28 bits per heavy atom.